The van der Waals surface area contributed by atoms with E-state index >= 15 is 0 Å². The first kappa shape index (κ1) is 13.5. The summed E-state index contributed by atoms with van der Waals surface area (Å²) in [5.74, 6) is -1.25. The molecule has 1 fully saturated rings. The summed E-state index contributed by atoms with van der Waals surface area (Å²) in [7, 11) is 0. The summed E-state index contributed by atoms with van der Waals surface area (Å²) in [6, 6.07) is 2.82. The lowest BCUT2D eigenvalue weighted by Gasteiger charge is -2.37. The van der Waals surface area contributed by atoms with Crippen LogP contribution in [0.25, 0.3) is 0 Å². The van der Waals surface area contributed by atoms with Gasteiger partial charge in [0.1, 0.15) is 5.69 Å². The molecule has 1 aliphatic rings. The highest BCUT2D eigenvalue weighted by Crippen LogP contribution is 2.16. The summed E-state index contributed by atoms with van der Waals surface area (Å²) >= 11 is 0. The smallest absolute Gasteiger partial charge is 0.354 e. The Hall–Kier alpha value is -1.95. The van der Waals surface area contributed by atoms with E-state index in [1.807, 2.05) is 13.8 Å². The van der Waals surface area contributed by atoms with Crippen molar-refractivity contribution in [2.75, 3.05) is 13.2 Å². The number of carboxylic acid groups (broad SMARTS) is 1. The third kappa shape index (κ3) is 2.73. The zero-order chi connectivity index (χ0) is 14.0. The molecule has 0 bridgehead atoms. The van der Waals surface area contributed by atoms with E-state index in [4.69, 9.17) is 9.84 Å². The quantitative estimate of drug-likeness (QED) is 0.863. The molecule has 6 heteroatoms. The number of morpholine rings is 1. The minimum atomic E-state index is -1.10. The number of aromatic nitrogens is 1. The Morgan fingerprint density at radius 3 is 2.74 bits per heavy atom. The lowest BCUT2D eigenvalue weighted by atomic mass is 10.1. The molecule has 0 spiro atoms. The van der Waals surface area contributed by atoms with E-state index in [9.17, 15) is 9.59 Å². The SMILES string of the molecule is CC1OCCN(C(=O)c2ccc(C(=O)O)nc2)C1C. The van der Waals surface area contributed by atoms with Crippen LogP contribution in [0.1, 0.15) is 34.7 Å². The van der Waals surface area contributed by atoms with E-state index in [0.29, 0.717) is 18.7 Å². The number of carboxylic acids is 1. The van der Waals surface area contributed by atoms with Gasteiger partial charge in [0.2, 0.25) is 0 Å². The van der Waals surface area contributed by atoms with Gasteiger partial charge >= 0.3 is 5.97 Å². The Morgan fingerprint density at radius 1 is 1.42 bits per heavy atom. The second-order valence-corrected chi connectivity index (χ2v) is 4.55. The number of carbonyl (C=O) groups is 2. The molecule has 6 nitrogen and oxygen atoms in total. The van der Waals surface area contributed by atoms with E-state index in [-0.39, 0.29) is 23.7 Å². The molecule has 1 aromatic rings. The van der Waals surface area contributed by atoms with Crippen LogP contribution in [0.4, 0.5) is 0 Å². The van der Waals surface area contributed by atoms with Crippen molar-refractivity contribution in [1.82, 2.24) is 9.88 Å². The van der Waals surface area contributed by atoms with Crippen LogP contribution in [0, 0.1) is 0 Å². The molecular weight excluding hydrogens is 248 g/mol. The predicted molar refractivity (Wildman–Crippen MR) is 67.1 cm³/mol. The molecule has 0 aliphatic carbocycles. The van der Waals surface area contributed by atoms with E-state index in [1.54, 1.807) is 4.90 Å². The number of aromatic carboxylic acids is 1. The highest BCUT2D eigenvalue weighted by Gasteiger charge is 2.29. The Labute approximate surface area is 111 Å². The molecule has 2 heterocycles. The van der Waals surface area contributed by atoms with Gasteiger partial charge in [-0.1, -0.05) is 0 Å². The number of nitrogens with zero attached hydrogens (tertiary/aromatic N) is 2. The molecule has 19 heavy (non-hydrogen) atoms. The maximum atomic E-state index is 12.3. The average Bonchev–Trinajstić information content (AvgIpc) is 2.41. The molecule has 2 rings (SSSR count). The summed E-state index contributed by atoms with van der Waals surface area (Å²) in [5, 5.41) is 8.77. The van der Waals surface area contributed by atoms with Crippen LogP contribution in [0.15, 0.2) is 18.3 Å². The molecule has 2 atom stereocenters. The fourth-order valence-electron chi connectivity index (χ4n) is 2.03. The first-order chi connectivity index (χ1) is 9.00. The molecule has 0 saturated carbocycles. The van der Waals surface area contributed by atoms with Crippen LogP contribution in [0.2, 0.25) is 0 Å². The number of rotatable bonds is 2. The highest BCUT2D eigenvalue weighted by molar-refractivity contribution is 5.95. The van der Waals surface area contributed by atoms with Gasteiger partial charge in [-0.2, -0.15) is 0 Å². The normalized spacial score (nSPS) is 23.2. The van der Waals surface area contributed by atoms with Gasteiger partial charge in [-0.3, -0.25) is 4.79 Å². The Kier molecular flexibility index (Phi) is 3.80. The summed E-state index contributed by atoms with van der Waals surface area (Å²) in [6.07, 6.45) is 1.29. The standard InChI is InChI=1S/C13H16N2O4/c1-8-9(2)19-6-5-15(8)12(16)10-3-4-11(13(17)18)14-7-10/h3-4,7-9H,5-6H2,1-2H3,(H,17,18). The number of carbonyl (C=O) groups excluding carboxylic acids is 1. The van der Waals surface area contributed by atoms with Crippen LogP contribution >= 0.6 is 0 Å². The van der Waals surface area contributed by atoms with Crippen molar-refractivity contribution >= 4 is 11.9 Å². The topological polar surface area (TPSA) is 79.7 Å². The summed E-state index contributed by atoms with van der Waals surface area (Å²) in [5.41, 5.74) is 0.325. The maximum absolute atomic E-state index is 12.3. The van der Waals surface area contributed by atoms with Gasteiger partial charge in [0, 0.05) is 12.7 Å². The van der Waals surface area contributed by atoms with Crippen molar-refractivity contribution in [3.63, 3.8) is 0 Å². The molecule has 102 valence electrons. The third-order valence-corrected chi connectivity index (χ3v) is 3.37. The lowest BCUT2D eigenvalue weighted by molar-refractivity contribution is -0.0440. The molecule has 1 aromatic heterocycles. The maximum Gasteiger partial charge on any atom is 0.354 e. The first-order valence-corrected chi connectivity index (χ1v) is 6.12. The van der Waals surface area contributed by atoms with Crippen molar-refractivity contribution in [3.05, 3.63) is 29.6 Å². The predicted octanol–water partition coefficient (Wildman–Crippen LogP) is 1.03. The molecule has 2 unspecified atom stereocenters. The monoisotopic (exact) mass is 264 g/mol. The van der Waals surface area contributed by atoms with Crippen molar-refractivity contribution < 1.29 is 19.4 Å². The minimum absolute atomic E-state index is 0.0102. The van der Waals surface area contributed by atoms with Crippen LogP contribution in [0.3, 0.4) is 0 Å². The first-order valence-electron chi connectivity index (χ1n) is 6.12. The number of amides is 1. The molecule has 1 saturated heterocycles. The highest BCUT2D eigenvalue weighted by atomic mass is 16.5. The molecular formula is C13H16N2O4. The van der Waals surface area contributed by atoms with Gasteiger partial charge in [0.05, 0.1) is 24.3 Å². The van der Waals surface area contributed by atoms with Crippen LogP contribution in [-0.2, 0) is 4.74 Å². The molecule has 0 radical (unpaired) electrons. The fraction of sp³-hybridized carbons (Fsp3) is 0.462. The summed E-state index contributed by atoms with van der Waals surface area (Å²) in [6.45, 7) is 4.90. The second kappa shape index (κ2) is 5.36. The molecule has 1 N–H and O–H groups in total. The average molecular weight is 264 g/mol. The fourth-order valence-corrected chi connectivity index (χ4v) is 2.03. The van der Waals surface area contributed by atoms with Gasteiger partial charge in [-0.15, -0.1) is 0 Å². The zero-order valence-electron chi connectivity index (χ0n) is 10.9. The van der Waals surface area contributed by atoms with E-state index in [0.717, 1.165) is 0 Å². The summed E-state index contributed by atoms with van der Waals surface area (Å²) < 4.78 is 5.47. The third-order valence-electron chi connectivity index (χ3n) is 3.37. The lowest BCUT2D eigenvalue weighted by Crippen LogP contribution is -2.51. The van der Waals surface area contributed by atoms with E-state index in [2.05, 4.69) is 4.98 Å². The number of hydrogen-bond acceptors (Lipinski definition) is 4. The minimum Gasteiger partial charge on any atom is -0.477 e. The van der Waals surface area contributed by atoms with Crippen molar-refractivity contribution in [3.8, 4) is 0 Å². The van der Waals surface area contributed by atoms with Crippen LogP contribution < -0.4 is 0 Å². The largest absolute Gasteiger partial charge is 0.477 e. The van der Waals surface area contributed by atoms with Crippen molar-refractivity contribution in [1.29, 1.82) is 0 Å². The van der Waals surface area contributed by atoms with Crippen LogP contribution in [0.5, 0.6) is 0 Å². The summed E-state index contributed by atoms with van der Waals surface area (Å²) in [4.78, 5) is 28.5. The number of pyridine rings is 1. The van der Waals surface area contributed by atoms with Gasteiger partial charge in [-0.05, 0) is 26.0 Å². The molecule has 1 aliphatic heterocycles. The Bertz CT molecular complexity index is 486. The van der Waals surface area contributed by atoms with E-state index < -0.39 is 5.97 Å². The Balaban J connectivity index is 2.17. The van der Waals surface area contributed by atoms with Crippen LogP contribution in [-0.4, -0.2) is 52.2 Å². The number of ether oxygens (including phenoxy) is 1. The molecule has 0 aromatic carbocycles. The zero-order valence-corrected chi connectivity index (χ0v) is 10.9. The van der Waals surface area contributed by atoms with Gasteiger partial charge < -0.3 is 14.7 Å². The van der Waals surface area contributed by atoms with Gasteiger partial charge in [0.15, 0.2) is 0 Å². The number of hydrogen-bond donors (Lipinski definition) is 1. The van der Waals surface area contributed by atoms with Gasteiger partial charge in [-0.25, -0.2) is 9.78 Å². The Morgan fingerprint density at radius 2 is 2.16 bits per heavy atom. The van der Waals surface area contributed by atoms with E-state index in [1.165, 1.54) is 18.3 Å². The van der Waals surface area contributed by atoms with Crippen molar-refractivity contribution in [2.45, 2.75) is 26.0 Å². The molecule has 1 amide bonds. The van der Waals surface area contributed by atoms with Crippen molar-refractivity contribution in [2.24, 2.45) is 0 Å². The van der Waals surface area contributed by atoms with Gasteiger partial charge in [0.25, 0.3) is 5.91 Å². The second-order valence-electron chi connectivity index (χ2n) is 4.55.